The maximum atomic E-state index is 10.1. The van der Waals surface area contributed by atoms with Crippen molar-refractivity contribution in [3.05, 3.63) is 0 Å². The topological polar surface area (TPSA) is 83.8 Å². The molecule has 0 aliphatic carbocycles. The first-order valence-electron chi connectivity index (χ1n) is 3.20. The molecule has 11 heavy (non-hydrogen) atoms. The molecule has 0 bridgehead atoms. The van der Waals surface area contributed by atoms with Gasteiger partial charge in [-0.25, -0.2) is 0 Å². The summed E-state index contributed by atoms with van der Waals surface area (Å²) in [4.78, 5) is 0. The summed E-state index contributed by atoms with van der Waals surface area (Å²) >= 11 is 0. The van der Waals surface area contributed by atoms with Gasteiger partial charge in [-0.3, -0.25) is 4.55 Å². The van der Waals surface area contributed by atoms with Crippen LogP contribution in [-0.4, -0.2) is 43.7 Å². The van der Waals surface area contributed by atoms with Gasteiger partial charge in [-0.05, 0) is 6.42 Å². The van der Waals surface area contributed by atoms with Crippen molar-refractivity contribution >= 4 is 10.1 Å². The van der Waals surface area contributed by atoms with Crippen molar-refractivity contribution in [1.29, 1.82) is 0 Å². The van der Waals surface area contributed by atoms with E-state index in [4.69, 9.17) is 14.4 Å². The van der Waals surface area contributed by atoms with Gasteiger partial charge < -0.3 is 9.84 Å². The first kappa shape index (κ1) is 10.8. The van der Waals surface area contributed by atoms with Crippen LogP contribution < -0.4 is 0 Å². The SMILES string of the molecule is O=S(=O)(O)CCCOCCO. The van der Waals surface area contributed by atoms with E-state index in [0.717, 1.165) is 0 Å². The van der Waals surface area contributed by atoms with Crippen LogP contribution in [0.2, 0.25) is 0 Å². The molecule has 68 valence electrons. The molecule has 0 aliphatic heterocycles. The fourth-order valence-electron chi connectivity index (χ4n) is 0.510. The van der Waals surface area contributed by atoms with E-state index in [1.54, 1.807) is 0 Å². The zero-order chi connectivity index (χ0) is 8.74. The van der Waals surface area contributed by atoms with E-state index < -0.39 is 10.1 Å². The second kappa shape index (κ2) is 5.48. The predicted octanol–water partition coefficient (Wildman–Crippen LogP) is -0.727. The number of ether oxygens (including phenoxy) is 1. The second-order valence-electron chi connectivity index (χ2n) is 1.98. The van der Waals surface area contributed by atoms with Crippen molar-refractivity contribution in [2.24, 2.45) is 0 Å². The van der Waals surface area contributed by atoms with E-state index in [2.05, 4.69) is 0 Å². The van der Waals surface area contributed by atoms with Gasteiger partial charge in [0.05, 0.1) is 19.0 Å². The van der Waals surface area contributed by atoms with Crippen LogP contribution in [0.5, 0.6) is 0 Å². The summed E-state index contributed by atoms with van der Waals surface area (Å²) in [5.74, 6) is -0.293. The molecular weight excluding hydrogens is 172 g/mol. The molecular formula is C5H12O5S. The summed E-state index contributed by atoms with van der Waals surface area (Å²) in [7, 11) is -3.85. The molecule has 0 aromatic rings. The van der Waals surface area contributed by atoms with Crippen molar-refractivity contribution in [3.63, 3.8) is 0 Å². The fraction of sp³-hybridized carbons (Fsp3) is 1.00. The average Bonchev–Trinajstić information content (AvgIpc) is 1.85. The minimum Gasteiger partial charge on any atom is -0.394 e. The molecule has 0 unspecified atom stereocenters. The van der Waals surface area contributed by atoms with Crippen LogP contribution in [0.1, 0.15) is 6.42 Å². The smallest absolute Gasteiger partial charge is 0.264 e. The molecule has 0 amide bonds. The third-order valence-electron chi connectivity index (χ3n) is 0.927. The number of hydrogen-bond acceptors (Lipinski definition) is 4. The van der Waals surface area contributed by atoms with Gasteiger partial charge in [-0.2, -0.15) is 8.42 Å². The highest BCUT2D eigenvalue weighted by atomic mass is 32.2. The van der Waals surface area contributed by atoms with Crippen molar-refractivity contribution in [3.8, 4) is 0 Å². The van der Waals surface area contributed by atoms with Crippen LogP contribution in [0.3, 0.4) is 0 Å². The molecule has 0 radical (unpaired) electrons. The van der Waals surface area contributed by atoms with Gasteiger partial charge in [-0.1, -0.05) is 0 Å². The largest absolute Gasteiger partial charge is 0.394 e. The minimum atomic E-state index is -3.85. The Labute approximate surface area is 65.7 Å². The number of aliphatic hydroxyl groups is 1. The van der Waals surface area contributed by atoms with Crippen molar-refractivity contribution in [1.82, 2.24) is 0 Å². The molecule has 0 aromatic carbocycles. The molecule has 5 nitrogen and oxygen atoms in total. The molecule has 0 saturated heterocycles. The van der Waals surface area contributed by atoms with E-state index in [0.29, 0.717) is 0 Å². The lowest BCUT2D eigenvalue weighted by molar-refractivity contribution is 0.0929. The Morgan fingerprint density at radius 2 is 1.91 bits per heavy atom. The molecule has 0 spiro atoms. The normalized spacial score (nSPS) is 11.8. The first-order valence-corrected chi connectivity index (χ1v) is 4.81. The Morgan fingerprint density at radius 1 is 1.27 bits per heavy atom. The minimum absolute atomic E-state index is 0.0775. The number of aliphatic hydroxyl groups excluding tert-OH is 1. The van der Waals surface area contributed by atoms with Gasteiger partial charge >= 0.3 is 0 Å². The van der Waals surface area contributed by atoms with Crippen LogP contribution in [-0.2, 0) is 14.9 Å². The van der Waals surface area contributed by atoms with Crippen LogP contribution in [0, 0.1) is 0 Å². The zero-order valence-corrected chi connectivity index (χ0v) is 6.88. The monoisotopic (exact) mass is 184 g/mol. The molecule has 0 fully saturated rings. The third-order valence-corrected chi connectivity index (χ3v) is 1.73. The maximum absolute atomic E-state index is 10.1. The van der Waals surface area contributed by atoms with Gasteiger partial charge in [0, 0.05) is 6.61 Å². The van der Waals surface area contributed by atoms with Crippen LogP contribution >= 0.6 is 0 Å². The average molecular weight is 184 g/mol. The summed E-state index contributed by atoms with van der Waals surface area (Å²) < 4.78 is 33.2. The molecule has 0 heterocycles. The second-order valence-corrected chi connectivity index (χ2v) is 3.55. The molecule has 6 heteroatoms. The third kappa shape index (κ3) is 9.83. The lowest BCUT2D eigenvalue weighted by atomic mass is 10.5. The Bertz CT molecular complexity index is 173. The summed E-state index contributed by atoms with van der Waals surface area (Å²) in [6, 6.07) is 0. The van der Waals surface area contributed by atoms with Gasteiger partial charge in [-0.15, -0.1) is 0 Å². The van der Waals surface area contributed by atoms with Crippen LogP contribution in [0.15, 0.2) is 0 Å². The van der Waals surface area contributed by atoms with Crippen LogP contribution in [0.25, 0.3) is 0 Å². The summed E-state index contributed by atoms with van der Waals surface area (Å²) in [5, 5.41) is 8.23. The molecule has 0 aliphatic rings. The standard InChI is InChI=1S/C5H12O5S/c6-2-4-10-3-1-5-11(7,8)9/h6H,1-5H2,(H,7,8,9). The van der Waals surface area contributed by atoms with Crippen molar-refractivity contribution in [2.45, 2.75) is 6.42 Å². The Hall–Kier alpha value is -0.170. The first-order chi connectivity index (χ1) is 5.06. The lowest BCUT2D eigenvalue weighted by Crippen LogP contribution is -2.08. The van der Waals surface area contributed by atoms with E-state index in [1.807, 2.05) is 0 Å². The van der Waals surface area contributed by atoms with Crippen LogP contribution in [0.4, 0.5) is 0 Å². The van der Waals surface area contributed by atoms with Gasteiger partial charge in [0.2, 0.25) is 0 Å². The summed E-state index contributed by atoms with van der Waals surface area (Å²) in [5.41, 5.74) is 0. The van der Waals surface area contributed by atoms with E-state index in [-0.39, 0.29) is 32.0 Å². The maximum Gasteiger partial charge on any atom is 0.264 e. The molecule has 0 saturated carbocycles. The Morgan fingerprint density at radius 3 is 2.36 bits per heavy atom. The van der Waals surface area contributed by atoms with E-state index >= 15 is 0 Å². The van der Waals surface area contributed by atoms with Gasteiger partial charge in [0.1, 0.15) is 0 Å². The zero-order valence-electron chi connectivity index (χ0n) is 6.06. The van der Waals surface area contributed by atoms with E-state index in [1.165, 1.54) is 0 Å². The Kier molecular flexibility index (Phi) is 5.39. The number of rotatable bonds is 6. The van der Waals surface area contributed by atoms with Gasteiger partial charge in [0.25, 0.3) is 10.1 Å². The Balaban J connectivity index is 3.16. The highest BCUT2D eigenvalue weighted by molar-refractivity contribution is 7.85. The predicted molar refractivity (Wildman–Crippen MR) is 38.9 cm³/mol. The fourth-order valence-corrected chi connectivity index (χ4v) is 0.993. The highest BCUT2D eigenvalue weighted by Crippen LogP contribution is 1.88. The summed E-state index contributed by atoms with van der Waals surface area (Å²) in [6.07, 6.45) is 0.249. The summed E-state index contributed by atoms with van der Waals surface area (Å²) in [6.45, 7) is 0.359. The van der Waals surface area contributed by atoms with Gasteiger partial charge in [0.15, 0.2) is 0 Å². The van der Waals surface area contributed by atoms with Crippen molar-refractivity contribution in [2.75, 3.05) is 25.6 Å². The molecule has 0 aromatic heterocycles. The highest BCUT2D eigenvalue weighted by Gasteiger charge is 2.02. The molecule has 0 atom stereocenters. The van der Waals surface area contributed by atoms with Crippen molar-refractivity contribution < 1.29 is 22.8 Å². The lowest BCUT2D eigenvalue weighted by Gasteiger charge is -1.99. The number of hydrogen-bond donors (Lipinski definition) is 2. The molecule has 2 N–H and O–H groups in total. The quantitative estimate of drug-likeness (QED) is 0.420. The molecule has 0 rings (SSSR count). The van der Waals surface area contributed by atoms with E-state index in [9.17, 15) is 8.42 Å².